The van der Waals surface area contributed by atoms with E-state index >= 15 is 0 Å². The highest BCUT2D eigenvalue weighted by Crippen LogP contribution is 2.25. The molecular weight excluding hydrogens is 327 g/mol. The lowest BCUT2D eigenvalue weighted by Crippen LogP contribution is -2.38. The van der Waals surface area contributed by atoms with Gasteiger partial charge in [-0.25, -0.2) is 19.3 Å². The van der Waals surface area contributed by atoms with Crippen molar-refractivity contribution in [1.82, 2.24) is 24.8 Å². The molecule has 0 radical (unpaired) electrons. The number of hydrogen-bond acceptors (Lipinski definition) is 7. The molecule has 0 aliphatic carbocycles. The van der Waals surface area contributed by atoms with Crippen LogP contribution in [-0.2, 0) is 13.1 Å². The van der Waals surface area contributed by atoms with Gasteiger partial charge < -0.3 is 5.73 Å². The molecule has 1 fully saturated rings. The molecule has 1 aliphatic heterocycles. The summed E-state index contributed by atoms with van der Waals surface area (Å²) in [6, 6.07) is 1.86. The van der Waals surface area contributed by atoms with Gasteiger partial charge in [-0.2, -0.15) is 0 Å². The minimum atomic E-state index is -0.764. The largest absolute Gasteiger partial charge is 0.384 e. The molecule has 0 amide bonds. The Bertz CT molecular complexity index is 678. The van der Waals surface area contributed by atoms with E-state index in [1.54, 1.807) is 23.6 Å². The van der Waals surface area contributed by atoms with E-state index < -0.39 is 6.17 Å². The second kappa shape index (κ2) is 7.50. The van der Waals surface area contributed by atoms with Crippen LogP contribution in [0.1, 0.15) is 22.8 Å². The predicted octanol–water partition coefficient (Wildman–Crippen LogP) is 1.87. The van der Waals surface area contributed by atoms with Crippen LogP contribution in [0.4, 0.5) is 10.2 Å². The van der Waals surface area contributed by atoms with Gasteiger partial charge in [0, 0.05) is 36.8 Å². The van der Waals surface area contributed by atoms with Crippen molar-refractivity contribution in [3.8, 4) is 0 Å². The molecule has 0 aromatic carbocycles. The van der Waals surface area contributed by atoms with Gasteiger partial charge >= 0.3 is 0 Å². The number of nitrogens with two attached hydrogens (primary N) is 1. The van der Waals surface area contributed by atoms with E-state index in [9.17, 15) is 4.39 Å². The second-order valence-electron chi connectivity index (χ2n) is 6.37. The summed E-state index contributed by atoms with van der Waals surface area (Å²) >= 11 is 1.64. The fourth-order valence-electron chi connectivity index (χ4n) is 3.13. The monoisotopic (exact) mass is 350 g/mol. The van der Waals surface area contributed by atoms with Crippen LogP contribution in [0.5, 0.6) is 0 Å². The first-order chi connectivity index (χ1) is 11.5. The quantitative estimate of drug-likeness (QED) is 0.858. The molecule has 1 aliphatic rings. The van der Waals surface area contributed by atoms with Crippen LogP contribution < -0.4 is 5.73 Å². The van der Waals surface area contributed by atoms with Gasteiger partial charge in [-0.3, -0.25) is 9.80 Å². The van der Waals surface area contributed by atoms with Gasteiger partial charge in [-0.1, -0.05) is 0 Å². The zero-order valence-electron chi connectivity index (χ0n) is 14.0. The van der Waals surface area contributed by atoms with Crippen LogP contribution >= 0.6 is 11.3 Å². The highest BCUT2D eigenvalue weighted by molar-refractivity contribution is 7.09. The Morgan fingerprint density at radius 1 is 1.46 bits per heavy atom. The van der Waals surface area contributed by atoms with Crippen molar-refractivity contribution in [2.45, 2.75) is 38.6 Å². The molecule has 8 heteroatoms. The Kier molecular flexibility index (Phi) is 5.37. The van der Waals surface area contributed by atoms with Crippen LogP contribution in [0.15, 0.2) is 17.8 Å². The molecule has 130 valence electrons. The number of likely N-dealkylation sites (tertiary alicyclic amines) is 1. The first-order valence-corrected chi connectivity index (χ1v) is 8.92. The van der Waals surface area contributed by atoms with Crippen molar-refractivity contribution in [2.24, 2.45) is 0 Å². The van der Waals surface area contributed by atoms with E-state index in [-0.39, 0.29) is 6.04 Å². The summed E-state index contributed by atoms with van der Waals surface area (Å²) in [5, 5.41) is 0. The van der Waals surface area contributed by atoms with Crippen molar-refractivity contribution < 1.29 is 4.39 Å². The lowest BCUT2D eigenvalue weighted by Gasteiger charge is -2.27. The zero-order valence-corrected chi connectivity index (χ0v) is 14.8. The van der Waals surface area contributed by atoms with E-state index in [0.29, 0.717) is 31.2 Å². The number of aryl methyl sites for hydroxylation is 1. The first-order valence-electron chi connectivity index (χ1n) is 8.04. The first kappa shape index (κ1) is 17.2. The highest BCUT2D eigenvalue weighted by atomic mass is 32.1. The average Bonchev–Trinajstić information content (AvgIpc) is 3.06. The third-order valence-corrected chi connectivity index (χ3v) is 5.25. The van der Waals surface area contributed by atoms with Crippen LogP contribution in [0, 0.1) is 6.92 Å². The van der Waals surface area contributed by atoms with Gasteiger partial charge in [0.2, 0.25) is 0 Å². The summed E-state index contributed by atoms with van der Waals surface area (Å²) < 4.78 is 14.0. The maximum Gasteiger partial charge on any atom is 0.144 e. The number of thiazole rings is 1. The lowest BCUT2D eigenvalue weighted by molar-refractivity contribution is 0.179. The number of nitrogens with zero attached hydrogens (tertiary/aromatic N) is 5. The fourth-order valence-corrected chi connectivity index (χ4v) is 3.93. The molecule has 2 atom stereocenters. The molecule has 2 aromatic rings. The SMILES string of the molecule is Cc1ncsc1CN1C[C@@H](F)C[C@H]1CN(C)Cc1nccc(N)n1. The summed E-state index contributed by atoms with van der Waals surface area (Å²) in [6.45, 7) is 4.64. The summed E-state index contributed by atoms with van der Waals surface area (Å²) in [5.41, 5.74) is 8.59. The van der Waals surface area contributed by atoms with Crippen molar-refractivity contribution in [3.63, 3.8) is 0 Å². The maximum absolute atomic E-state index is 14.0. The Balaban J connectivity index is 1.60. The van der Waals surface area contributed by atoms with Gasteiger partial charge in [0.1, 0.15) is 17.8 Å². The molecule has 6 nitrogen and oxygen atoms in total. The van der Waals surface area contributed by atoms with E-state index in [1.807, 2.05) is 19.5 Å². The molecule has 3 heterocycles. The van der Waals surface area contributed by atoms with Gasteiger partial charge in [-0.05, 0) is 26.5 Å². The normalized spacial score (nSPS) is 21.7. The zero-order chi connectivity index (χ0) is 17.1. The molecule has 2 N–H and O–H groups in total. The molecule has 1 saturated heterocycles. The van der Waals surface area contributed by atoms with Crippen molar-refractivity contribution in [3.05, 3.63) is 34.2 Å². The smallest absolute Gasteiger partial charge is 0.144 e. The van der Waals surface area contributed by atoms with Gasteiger partial charge in [0.05, 0.1) is 17.7 Å². The molecule has 0 spiro atoms. The number of hydrogen-bond donors (Lipinski definition) is 1. The number of halogens is 1. The van der Waals surface area contributed by atoms with Crippen molar-refractivity contribution >= 4 is 17.2 Å². The molecular formula is C16H23FN6S. The molecule has 0 bridgehead atoms. The van der Waals surface area contributed by atoms with Gasteiger partial charge in [-0.15, -0.1) is 11.3 Å². The summed E-state index contributed by atoms with van der Waals surface area (Å²) in [7, 11) is 2.01. The second-order valence-corrected chi connectivity index (χ2v) is 7.31. The highest BCUT2D eigenvalue weighted by Gasteiger charge is 2.33. The van der Waals surface area contributed by atoms with Crippen LogP contribution in [-0.4, -0.2) is 57.1 Å². The molecule has 24 heavy (non-hydrogen) atoms. The Morgan fingerprint density at radius 2 is 2.29 bits per heavy atom. The topological polar surface area (TPSA) is 71.2 Å². The molecule has 0 saturated carbocycles. The van der Waals surface area contributed by atoms with Crippen LogP contribution in [0.25, 0.3) is 0 Å². The summed E-state index contributed by atoms with van der Waals surface area (Å²) in [5.74, 6) is 1.16. The Hall–Kier alpha value is -1.64. The van der Waals surface area contributed by atoms with Crippen molar-refractivity contribution in [1.29, 1.82) is 0 Å². The van der Waals surface area contributed by atoms with E-state index in [4.69, 9.17) is 5.73 Å². The number of aromatic nitrogens is 3. The Morgan fingerprint density at radius 3 is 3.00 bits per heavy atom. The molecule has 0 unspecified atom stereocenters. The van der Waals surface area contributed by atoms with Crippen LogP contribution in [0.3, 0.4) is 0 Å². The summed E-state index contributed by atoms with van der Waals surface area (Å²) in [6.07, 6.45) is 1.47. The molecule has 2 aromatic heterocycles. The number of likely N-dealkylation sites (N-methyl/N-ethyl adjacent to an activating group) is 1. The van der Waals surface area contributed by atoms with Crippen LogP contribution in [0.2, 0.25) is 0 Å². The third kappa shape index (κ3) is 4.25. The van der Waals surface area contributed by atoms with Gasteiger partial charge in [0.15, 0.2) is 0 Å². The average molecular weight is 350 g/mol. The van der Waals surface area contributed by atoms with E-state index in [0.717, 1.165) is 18.8 Å². The Labute approximate surface area is 145 Å². The number of anilines is 1. The number of rotatable bonds is 6. The molecule has 3 rings (SSSR count). The summed E-state index contributed by atoms with van der Waals surface area (Å²) in [4.78, 5) is 18.3. The van der Waals surface area contributed by atoms with E-state index in [1.165, 1.54) is 4.88 Å². The minimum Gasteiger partial charge on any atom is -0.384 e. The predicted molar refractivity (Wildman–Crippen MR) is 93.3 cm³/mol. The van der Waals surface area contributed by atoms with Crippen molar-refractivity contribution in [2.75, 3.05) is 25.9 Å². The standard InChI is InChI=1S/C16H23FN6S/c1-11-14(24-10-20-11)8-23-6-12(17)5-13(23)7-22(2)9-16-19-4-3-15(18)21-16/h3-4,10,12-13H,5-9H2,1-2H3,(H2,18,19,21)/t12-,13-/m0/s1. The third-order valence-electron chi connectivity index (χ3n) is 4.33. The minimum absolute atomic E-state index is 0.188. The van der Waals surface area contributed by atoms with E-state index in [2.05, 4.69) is 24.8 Å². The lowest BCUT2D eigenvalue weighted by atomic mass is 10.2. The maximum atomic E-state index is 14.0. The fraction of sp³-hybridized carbons (Fsp3) is 0.562. The number of alkyl halides is 1. The van der Waals surface area contributed by atoms with Gasteiger partial charge in [0.25, 0.3) is 0 Å². The number of nitrogen functional groups attached to an aromatic ring is 1.